The maximum atomic E-state index is 11.2. The Morgan fingerprint density at radius 2 is 2.07 bits per heavy atom. The van der Waals surface area contributed by atoms with Crippen molar-refractivity contribution < 1.29 is 9.53 Å². The minimum atomic E-state index is -0.0357. The predicted octanol–water partition coefficient (Wildman–Crippen LogP) is 2.45. The lowest BCUT2D eigenvalue weighted by Gasteiger charge is -2.18. The number of benzene rings is 1. The van der Waals surface area contributed by atoms with E-state index in [-0.39, 0.29) is 6.10 Å². The van der Waals surface area contributed by atoms with Crippen LogP contribution in [0.15, 0.2) is 36.4 Å². The number of carbonyl (C=O) groups is 1. The molecule has 0 amide bonds. The molecule has 1 atom stereocenters. The summed E-state index contributed by atoms with van der Waals surface area (Å²) in [7, 11) is 0. The van der Waals surface area contributed by atoms with Crippen LogP contribution in [0.5, 0.6) is 0 Å². The molecule has 78 valence electrons. The van der Waals surface area contributed by atoms with Crippen LogP contribution in [0.2, 0.25) is 0 Å². The first-order valence-corrected chi connectivity index (χ1v) is 5.21. The molecule has 1 aliphatic heterocycles. The Bertz CT molecular complexity index is 354. The number of ketones is 1. The maximum Gasteiger partial charge on any atom is 0.138 e. The van der Waals surface area contributed by atoms with Gasteiger partial charge in [0.1, 0.15) is 5.78 Å². The molecular formula is C13H14O2. The molecule has 1 heterocycles. The first-order valence-electron chi connectivity index (χ1n) is 5.21. The second kappa shape index (κ2) is 4.89. The molecule has 2 nitrogen and oxygen atoms in total. The molecule has 0 aromatic heterocycles. The van der Waals surface area contributed by atoms with Crippen LogP contribution in [0.4, 0.5) is 0 Å². The molecule has 1 saturated heterocycles. The van der Waals surface area contributed by atoms with E-state index in [1.807, 2.05) is 42.5 Å². The van der Waals surface area contributed by atoms with Crippen LogP contribution < -0.4 is 0 Å². The highest BCUT2D eigenvalue weighted by Gasteiger charge is 2.16. The fraction of sp³-hybridized carbons (Fsp3) is 0.308. The van der Waals surface area contributed by atoms with E-state index in [1.165, 1.54) is 0 Å². The van der Waals surface area contributed by atoms with Gasteiger partial charge in [-0.1, -0.05) is 42.5 Å². The van der Waals surface area contributed by atoms with Gasteiger partial charge in [-0.2, -0.15) is 0 Å². The molecule has 0 saturated carbocycles. The number of hydrogen-bond acceptors (Lipinski definition) is 2. The maximum absolute atomic E-state index is 11.2. The fourth-order valence-electron chi connectivity index (χ4n) is 1.62. The molecule has 0 unspecified atom stereocenters. The van der Waals surface area contributed by atoms with Gasteiger partial charge in [0.2, 0.25) is 0 Å². The molecule has 2 rings (SSSR count). The lowest BCUT2D eigenvalue weighted by atomic mass is 10.1. The molecule has 1 fully saturated rings. The van der Waals surface area contributed by atoms with E-state index in [4.69, 9.17) is 4.74 Å². The molecule has 0 N–H and O–H groups in total. The number of ether oxygens (including phenoxy) is 1. The molecule has 0 aliphatic carbocycles. The summed E-state index contributed by atoms with van der Waals surface area (Å²) in [5, 5.41) is 0. The van der Waals surface area contributed by atoms with E-state index < -0.39 is 0 Å². The Hall–Kier alpha value is -1.41. The van der Waals surface area contributed by atoms with Crippen molar-refractivity contribution >= 4 is 11.9 Å². The molecule has 1 aromatic rings. The van der Waals surface area contributed by atoms with Crippen molar-refractivity contribution in [2.75, 3.05) is 6.61 Å². The Morgan fingerprint density at radius 3 is 2.80 bits per heavy atom. The number of rotatable bonds is 2. The van der Waals surface area contributed by atoms with Crippen molar-refractivity contribution in [3.8, 4) is 0 Å². The molecule has 1 aromatic carbocycles. The topological polar surface area (TPSA) is 26.3 Å². The van der Waals surface area contributed by atoms with Gasteiger partial charge in [-0.3, -0.25) is 4.79 Å². The van der Waals surface area contributed by atoms with Gasteiger partial charge in [0.05, 0.1) is 12.7 Å². The van der Waals surface area contributed by atoms with Crippen LogP contribution in [0.3, 0.4) is 0 Å². The van der Waals surface area contributed by atoms with Crippen molar-refractivity contribution in [2.45, 2.75) is 18.9 Å². The fourth-order valence-corrected chi connectivity index (χ4v) is 1.62. The monoisotopic (exact) mass is 202 g/mol. The largest absolute Gasteiger partial charge is 0.373 e. The van der Waals surface area contributed by atoms with Gasteiger partial charge in [0.25, 0.3) is 0 Å². The van der Waals surface area contributed by atoms with Gasteiger partial charge >= 0.3 is 0 Å². The van der Waals surface area contributed by atoms with E-state index in [0.29, 0.717) is 25.2 Å². The van der Waals surface area contributed by atoms with Crippen LogP contribution in [0.25, 0.3) is 6.08 Å². The first kappa shape index (κ1) is 10.1. The van der Waals surface area contributed by atoms with Crippen molar-refractivity contribution in [3.05, 3.63) is 42.0 Å². The molecular weight excluding hydrogens is 188 g/mol. The minimum absolute atomic E-state index is 0.0357. The van der Waals surface area contributed by atoms with Crippen LogP contribution >= 0.6 is 0 Å². The summed E-state index contributed by atoms with van der Waals surface area (Å²) in [5.74, 6) is 0.295. The molecule has 0 radical (unpaired) electrons. The van der Waals surface area contributed by atoms with E-state index in [1.54, 1.807) is 0 Å². The van der Waals surface area contributed by atoms with Crippen LogP contribution in [-0.4, -0.2) is 18.5 Å². The van der Waals surface area contributed by atoms with Gasteiger partial charge in [0, 0.05) is 12.8 Å². The van der Waals surface area contributed by atoms with Crippen LogP contribution in [0.1, 0.15) is 18.4 Å². The van der Waals surface area contributed by atoms with Gasteiger partial charge < -0.3 is 4.74 Å². The Labute approximate surface area is 89.6 Å². The lowest BCUT2D eigenvalue weighted by Crippen LogP contribution is -2.23. The lowest BCUT2D eigenvalue weighted by molar-refractivity contribution is -0.126. The zero-order valence-corrected chi connectivity index (χ0v) is 8.56. The highest BCUT2D eigenvalue weighted by molar-refractivity contribution is 5.80. The summed E-state index contributed by atoms with van der Waals surface area (Å²) in [6.45, 7) is 0.558. The van der Waals surface area contributed by atoms with Crippen molar-refractivity contribution in [2.24, 2.45) is 0 Å². The average Bonchev–Trinajstić information content (AvgIpc) is 2.28. The molecule has 0 spiro atoms. The summed E-state index contributed by atoms with van der Waals surface area (Å²) < 4.78 is 5.46. The molecule has 1 aliphatic rings. The standard InChI is InChI=1S/C13H14O2/c14-12-8-9-15-13(10-12)7-6-11-4-2-1-3-5-11/h1-7,13H,8-10H2/b7-6+/t13-/m1/s1. The van der Waals surface area contributed by atoms with E-state index in [9.17, 15) is 4.79 Å². The average molecular weight is 202 g/mol. The third-order valence-electron chi connectivity index (χ3n) is 2.44. The summed E-state index contributed by atoms with van der Waals surface area (Å²) in [6.07, 6.45) is 5.01. The summed E-state index contributed by atoms with van der Waals surface area (Å²) in [5.41, 5.74) is 1.14. The number of hydrogen-bond donors (Lipinski definition) is 0. The zero-order valence-electron chi connectivity index (χ0n) is 8.56. The molecule has 15 heavy (non-hydrogen) atoms. The first-order chi connectivity index (χ1) is 7.34. The Morgan fingerprint density at radius 1 is 1.27 bits per heavy atom. The van der Waals surface area contributed by atoms with E-state index >= 15 is 0 Å². The van der Waals surface area contributed by atoms with Gasteiger partial charge in [-0.05, 0) is 5.56 Å². The third-order valence-corrected chi connectivity index (χ3v) is 2.44. The highest BCUT2D eigenvalue weighted by Crippen LogP contribution is 2.12. The zero-order chi connectivity index (χ0) is 10.5. The van der Waals surface area contributed by atoms with E-state index in [0.717, 1.165) is 5.56 Å². The Balaban J connectivity index is 1.96. The number of carbonyl (C=O) groups excluding carboxylic acids is 1. The predicted molar refractivity (Wildman–Crippen MR) is 59.5 cm³/mol. The van der Waals surface area contributed by atoms with Gasteiger partial charge in [0.15, 0.2) is 0 Å². The number of Topliss-reactive ketones (excluding diaryl/α,β-unsaturated/α-hetero) is 1. The normalized spacial score (nSPS) is 22.1. The molecule has 0 bridgehead atoms. The van der Waals surface area contributed by atoms with Crippen LogP contribution in [0, 0.1) is 0 Å². The van der Waals surface area contributed by atoms with Crippen molar-refractivity contribution in [1.29, 1.82) is 0 Å². The summed E-state index contributed by atoms with van der Waals surface area (Å²) in [6, 6.07) is 10.0. The van der Waals surface area contributed by atoms with Crippen LogP contribution in [-0.2, 0) is 9.53 Å². The summed E-state index contributed by atoms with van der Waals surface area (Å²) in [4.78, 5) is 11.2. The van der Waals surface area contributed by atoms with Gasteiger partial charge in [-0.15, -0.1) is 0 Å². The third kappa shape index (κ3) is 3.03. The van der Waals surface area contributed by atoms with Gasteiger partial charge in [-0.25, -0.2) is 0 Å². The second-order valence-electron chi connectivity index (χ2n) is 3.67. The van der Waals surface area contributed by atoms with Crippen molar-refractivity contribution in [3.63, 3.8) is 0 Å². The second-order valence-corrected chi connectivity index (χ2v) is 3.67. The SMILES string of the molecule is O=C1CCO[C@H](/C=C/c2ccccc2)C1. The minimum Gasteiger partial charge on any atom is -0.373 e. The smallest absolute Gasteiger partial charge is 0.138 e. The summed E-state index contributed by atoms with van der Waals surface area (Å²) >= 11 is 0. The quantitative estimate of drug-likeness (QED) is 0.736. The highest BCUT2D eigenvalue weighted by atomic mass is 16.5. The Kier molecular flexibility index (Phi) is 3.30. The molecule has 2 heteroatoms. The van der Waals surface area contributed by atoms with Crippen molar-refractivity contribution in [1.82, 2.24) is 0 Å². The van der Waals surface area contributed by atoms with E-state index in [2.05, 4.69) is 0 Å².